The van der Waals surface area contributed by atoms with Crippen LogP contribution in [0.4, 0.5) is 0 Å². The molecule has 0 saturated carbocycles. The molecule has 6 nitrogen and oxygen atoms in total. The van der Waals surface area contributed by atoms with Crippen LogP contribution in [0, 0.1) is 0 Å². The van der Waals surface area contributed by atoms with Crippen LogP contribution in [0.5, 0.6) is 0 Å². The van der Waals surface area contributed by atoms with Crippen molar-refractivity contribution in [1.29, 1.82) is 0 Å². The lowest BCUT2D eigenvalue weighted by molar-refractivity contribution is -0.167. The van der Waals surface area contributed by atoms with Gasteiger partial charge in [0, 0.05) is 19.3 Å². The van der Waals surface area contributed by atoms with Crippen molar-refractivity contribution in [3.63, 3.8) is 0 Å². The zero-order valence-electron chi connectivity index (χ0n) is 55.2. The third kappa shape index (κ3) is 69.3. The minimum atomic E-state index is -0.799. The Labute approximate surface area is 515 Å². The van der Waals surface area contributed by atoms with E-state index in [9.17, 15) is 14.4 Å². The topological polar surface area (TPSA) is 78.9 Å². The Morgan fingerprint density at radius 1 is 0.253 bits per heavy atom. The van der Waals surface area contributed by atoms with Gasteiger partial charge in [0.05, 0.1) is 0 Å². The van der Waals surface area contributed by atoms with Gasteiger partial charge in [-0.1, -0.05) is 337 Å². The van der Waals surface area contributed by atoms with Crippen LogP contribution in [0.2, 0.25) is 0 Å². The first-order valence-corrected chi connectivity index (χ1v) is 36.1. The molecule has 0 bridgehead atoms. The highest BCUT2D eigenvalue weighted by atomic mass is 16.6. The van der Waals surface area contributed by atoms with E-state index in [1.807, 2.05) is 0 Å². The van der Waals surface area contributed by atoms with Crippen LogP contribution in [-0.4, -0.2) is 37.2 Å². The molecule has 0 aliphatic rings. The van der Waals surface area contributed by atoms with Crippen molar-refractivity contribution in [3.05, 3.63) is 85.1 Å². The van der Waals surface area contributed by atoms with Crippen LogP contribution in [0.25, 0.3) is 0 Å². The molecule has 0 fully saturated rings. The molecule has 0 rings (SSSR count). The molecule has 83 heavy (non-hydrogen) atoms. The van der Waals surface area contributed by atoms with Gasteiger partial charge >= 0.3 is 17.9 Å². The maximum absolute atomic E-state index is 13.0. The van der Waals surface area contributed by atoms with Crippen molar-refractivity contribution in [2.45, 2.75) is 374 Å². The molecule has 0 aromatic carbocycles. The number of unbranched alkanes of at least 4 members (excludes halogenated alkanes) is 41. The van der Waals surface area contributed by atoms with Gasteiger partial charge in [0.1, 0.15) is 13.2 Å². The largest absolute Gasteiger partial charge is 0.462 e. The van der Waals surface area contributed by atoms with Gasteiger partial charge in [-0.3, -0.25) is 14.4 Å². The Hall–Kier alpha value is -3.41. The predicted molar refractivity (Wildman–Crippen MR) is 362 cm³/mol. The molecule has 0 aromatic rings. The molecule has 0 aliphatic heterocycles. The quantitative estimate of drug-likeness (QED) is 0.0261. The molecule has 6 heteroatoms. The number of carbonyl (C=O) groups excluding carboxylic acids is 3. The fourth-order valence-electron chi connectivity index (χ4n) is 10.5. The summed E-state index contributed by atoms with van der Waals surface area (Å²) in [5.74, 6) is -0.922. The molecule has 480 valence electrons. The van der Waals surface area contributed by atoms with Gasteiger partial charge in [0.25, 0.3) is 0 Å². The second-order valence-corrected chi connectivity index (χ2v) is 24.1. The summed E-state index contributed by atoms with van der Waals surface area (Å²) in [5.41, 5.74) is 0. The predicted octanol–water partition coefficient (Wildman–Crippen LogP) is 25.0. The highest BCUT2D eigenvalue weighted by Gasteiger charge is 2.19. The first-order valence-electron chi connectivity index (χ1n) is 36.1. The van der Waals surface area contributed by atoms with E-state index in [1.54, 1.807) is 0 Å². The Morgan fingerprint density at radius 3 is 0.759 bits per heavy atom. The number of ether oxygens (including phenoxy) is 3. The number of hydrogen-bond acceptors (Lipinski definition) is 6. The van der Waals surface area contributed by atoms with Crippen molar-refractivity contribution in [2.75, 3.05) is 13.2 Å². The average Bonchev–Trinajstić information content (AvgIpc) is 3.49. The van der Waals surface area contributed by atoms with Gasteiger partial charge in [-0.2, -0.15) is 0 Å². The fraction of sp³-hybridized carbons (Fsp3) is 0.779. The SMILES string of the molecule is CC/C=C\C/C=C\C/C=C\C/C=C\CCCCC(=O)OCC(COC(=O)CCCCCCCCCCCCCCCCCCCCCCCCCCCCC)OC(=O)CCCCCCCCCC/C=C\C/C=C\C/C=C\CCCCCCC. The van der Waals surface area contributed by atoms with Crippen LogP contribution in [0.1, 0.15) is 367 Å². The van der Waals surface area contributed by atoms with Crippen LogP contribution in [-0.2, 0) is 28.6 Å². The monoisotopic (exact) mass is 1160 g/mol. The van der Waals surface area contributed by atoms with Crippen LogP contribution < -0.4 is 0 Å². The van der Waals surface area contributed by atoms with E-state index >= 15 is 0 Å². The Balaban J connectivity index is 4.31. The molecule has 1 atom stereocenters. The average molecular weight is 1160 g/mol. The number of carbonyl (C=O) groups is 3. The van der Waals surface area contributed by atoms with Crippen LogP contribution >= 0.6 is 0 Å². The smallest absolute Gasteiger partial charge is 0.306 e. The fourth-order valence-corrected chi connectivity index (χ4v) is 10.5. The summed E-state index contributed by atoms with van der Waals surface area (Å²) in [7, 11) is 0. The highest BCUT2D eigenvalue weighted by Crippen LogP contribution is 2.18. The zero-order chi connectivity index (χ0) is 59.9. The van der Waals surface area contributed by atoms with Crippen molar-refractivity contribution in [1.82, 2.24) is 0 Å². The van der Waals surface area contributed by atoms with E-state index in [4.69, 9.17) is 14.2 Å². The van der Waals surface area contributed by atoms with E-state index in [1.165, 1.54) is 225 Å². The first-order chi connectivity index (χ1) is 41.0. The molecule has 0 N–H and O–H groups in total. The molecular formula is C77H136O6. The molecule has 0 spiro atoms. The van der Waals surface area contributed by atoms with Crippen LogP contribution in [0.3, 0.4) is 0 Å². The minimum Gasteiger partial charge on any atom is -0.462 e. The standard InChI is InChI=1S/C77H136O6/c1-4-7-10-13-16-19-22-25-28-30-32-34-36-37-38-39-41-42-44-46-49-52-55-58-61-64-67-70-76(79)82-73-74(72-81-75(78)69-66-63-60-57-54-51-48-27-24-21-18-15-12-9-6-3)83-77(80)71-68-65-62-59-56-53-50-47-45-43-40-35-33-31-29-26-23-20-17-14-11-8-5-2/h9,12,18,21,23,26-27,31,33,40,43,48,54,57,74H,4-8,10-11,13-17,19-20,22,24-25,28-30,32,34-39,41-42,44-47,49-53,55-56,58-73H2,1-3H3/b12-9-,21-18-,26-23-,33-31-,43-40-,48-27-,57-54-. The van der Waals surface area contributed by atoms with Crippen molar-refractivity contribution in [3.8, 4) is 0 Å². The Morgan fingerprint density at radius 2 is 0.470 bits per heavy atom. The minimum absolute atomic E-state index is 0.0900. The van der Waals surface area contributed by atoms with Crippen LogP contribution in [0.15, 0.2) is 85.1 Å². The Kier molecular flexibility index (Phi) is 68.2. The van der Waals surface area contributed by atoms with E-state index in [0.29, 0.717) is 19.3 Å². The number of rotatable bonds is 66. The van der Waals surface area contributed by atoms with Gasteiger partial charge < -0.3 is 14.2 Å². The Bertz CT molecular complexity index is 1570. The molecule has 0 radical (unpaired) electrons. The van der Waals surface area contributed by atoms with E-state index in [0.717, 1.165) is 103 Å². The summed E-state index contributed by atoms with van der Waals surface area (Å²) in [4.78, 5) is 38.4. The summed E-state index contributed by atoms with van der Waals surface area (Å²) in [6.45, 7) is 6.53. The molecule has 0 saturated heterocycles. The third-order valence-electron chi connectivity index (χ3n) is 15.9. The van der Waals surface area contributed by atoms with Gasteiger partial charge in [0.15, 0.2) is 6.10 Å². The first kappa shape index (κ1) is 79.6. The molecule has 0 aromatic heterocycles. The summed E-state index contributed by atoms with van der Waals surface area (Å²) in [5, 5.41) is 0. The molecule has 0 aliphatic carbocycles. The van der Waals surface area contributed by atoms with Crippen molar-refractivity contribution in [2.24, 2.45) is 0 Å². The summed E-state index contributed by atoms with van der Waals surface area (Å²) >= 11 is 0. The maximum atomic E-state index is 13.0. The zero-order valence-corrected chi connectivity index (χ0v) is 55.2. The summed E-state index contributed by atoms with van der Waals surface area (Å²) in [6, 6.07) is 0. The molecule has 0 heterocycles. The lowest BCUT2D eigenvalue weighted by Gasteiger charge is -2.18. The third-order valence-corrected chi connectivity index (χ3v) is 15.9. The van der Waals surface area contributed by atoms with Gasteiger partial charge in [-0.25, -0.2) is 0 Å². The maximum Gasteiger partial charge on any atom is 0.306 e. The van der Waals surface area contributed by atoms with E-state index in [-0.39, 0.29) is 31.1 Å². The van der Waals surface area contributed by atoms with Gasteiger partial charge in [0.2, 0.25) is 0 Å². The highest BCUT2D eigenvalue weighted by molar-refractivity contribution is 5.71. The van der Waals surface area contributed by atoms with Crippen molar-refractivity contribution >= 4 is 17.9 Å². The number of esters is 3. The summed E-state index contributed by atoms with van der Waals surface area (Å²) < 4.78 is 17.0. The second-order valence-electron chi connectivity index (χ2n) is 24.1. The van der Waals surface area contributed by atoms with Crippen molar-refractivity contribution < 1.29 is 28.6 Å². The van der Waals surface area contributed by atoms with E-state index in [2.05, 4.69) is 106 Å². The second kappa shape index (κ2) is 71.1. The number of hydrogen-bond donors (Lipinski definition) is 0. The lowest BCUT2D eigenvalue weighted by Crippen LogP contribution is -2.30. The normalized spacial score (nSPS) is 12.6. The van der Waals surface area contributed by atoms with Gasteiger partial charge in [-0.15, -0.1) is 0 Å². The molecule has 0 amide bonds. The van der Waals surface area contributed by atoms with E-state index < -0.39 is 6.10 Å². The molecular weight excluding hydrogens is 1020 g/mol. The lowest BCUT2D eigenvalue weighted by atomic mass is 10.0. The van der Waals surface area contributed by atoms with Gasteiger partial charge in [-0.05, 0) is 96.3 Å². The molecule has 1 unspecified atom stereocenters. The number of allylic oxidation sites excluding steroid dienone is 14. The summed E-state index contributed by atoms with van der Waals surface area (Å²) in [6.07, 6.45) is 94.8.